The predicted molar refractivity (Wildman–Crippen MR) is 112 cm³/mol. The third kappa shape index (κ3) is 4.20. The monoisotopic (exact) mass is 417 g/mol. The molecule has 4 rings (SSSR count). The molecule has 6 nitrogen and oxygen atoms in total. The van der Waals surface area contributed by atoms with Gasteiger partial charge in [0.05, 0.1) is 12.9 Å². The molecule has 0 unspecified atom stereocenters. The summed E-state index contributed by atoms with van der Waals surface area (Å²) in [6.45, 7) is 3.03. The maximum absolute atomic E-state index is 12.5. The van der Waals surface area contributed by atoms with Crippen molar-refractivity contribution in [1.29, 1.82) is 0 Å². The first-order chi connectivity index (χ1) is 13.6. The number of amides is 1. The molecule has 8 heteroatoms. The number of nitrogens with zero attached hydrogens (tertiary/aromatic N) is 3. The van der Waals surface area contributed by atoms with E-state index in [1.165, 1.54) is 11.8 Å². The number of hydrogen-bond acceptors (Lipinski definition) is 6. The first kappa shape index (κ1) is 19.0. The number of thioether (sulfide) groups is 1. The van der Waals surface area contributed by atoms with E-state index < -0.39 is 0 Å². The van der Waals surface area contributed by atoms with Crippen LogP contribution in [0.5, 0.6) is 5.75 Å². The van der Waals surface area contributed by atoms with Gasteiger partial charge in [-0.15, -0.1) is 0 Å². The van der Waals surface area contributed by atoms with E-state index in [1.807, 2.05) is 35.2 Å². The van der Waals surface area contributed by atoms with Crippen LogP contribution in [0, 0.1) is 0 Å². The lowest BCUT2D eigenvalue weighted by Crippen LogP contribution is -2.49. The lowest BCUT2D eigenvalue weighted by Gasteiger charge is -2.36. The van der Waals surface area contributed by atoms with Crippen molar-refractivity contribution < 1.29 is 13.9 Å². The summed E-state index contributed by atoms with van der Waals surface area (Å²) in [6.07, 6.45) is 0. The van der Waals surface area contributed by atoms with Crippen LogP contribution in [-0.4, -0.2) is 54.8 Å². The second-order valence-corrected chi connectivity index (χ2v) is 7.81. The Hall–Kier alpha value is -2.38. The minimum absolute atomic E-state index is 0.0969. The number of carbonyl (C=O) groups is 1. The van der Waals surface area contributed by atoms with Crippen LogP contribution in [0.1, 0.15) is 0 Å². The van der Waals surface area contributed by atoms with E-state index in [0.29, 0.717) is 34.7 Å². The number of carbonyl (C=O) groups excluding carboxylic acids is 1. The molecule has 0 radical (unpaired) electrons. The summed E-state index contributed by atoms with van der Waals surface area (Å²) in [5.74, 6) is 1.25. The van der Waals surface area contributed by atoms with Gasteiger partial charge in [-0.3, -0.25) is 4.79 Å². The Balaban J connectivity index is 1.29. The Labute approximate surface area is 172 Å². The Morgan fingerprint density at radius 3 is 2.64 bits per heavy atom. The molecule has 0 aliphatic carbocycles. The van der Waals surface area contributed by atoms with Crippen LogP contribution >= 0.6 is 23.4 Å². The molecule has 1 saturated heterocycles. The molecule has 0 saturated carbocycles. The number of benzene rings is 2. The third-order valence-electron chi connectivity index (χ3n) is 4.72. The number of oxazole rings is 1. The highest BCUT2D eigenvalue weighted by molar-refractivity contribution is 7.99. The lowest BCUT2D eigenvalue weighted by molar-refractivity contribution is -0.128. The zero-order valence-corrected chi connectivity index (χ0v) is 17.0. The fraction of sp³-hybridized carbons (Fsp3) is 0.300. The SMILES string of the molecule is COc1ccc(N2CCN(C(=O)CSc3nc4ccc(Cl)cc4o3)CC2)cc1. The molecule has 0 bridgehead atoms. The van der Waals surface area contributed by atoms with Gasteiger partial charge in [-0.2, -0.15) is 0 Å². The second kappa shape index (κ2) is 8.32. The molecule has 0 N–H and O–H groups in total. The number of rotatable bonds is 5. The Morgan fingerprint density at radius 2 is 1.93 bits per heavy atom. The van der Waals surface area contributed by atoms with E-state index in [0.717, 1.165) is 30.0 Å². The summed E-state index contributed by atoms with van der Waals surface area (Å²) < 4.78 is 10.9. The Morgan fingerprint density at radius 1 is 1.18 bits per heavy atom. The van der Waals surface area contributed by atoms with Gasteiger partial charge in [0.25, 0.3) is 5.22 Å². The number of piperazine rings is 1. The number of methoxy groups -OCH3 is 1. The fourth-order valence-electron chi connectivity index (χ4n) is 3.16. The van der Waals surface area contributed by atoms with Gasteiger partial charge in [-0.25, -0.2) is 4.98 Å². The molecule has 1 aliphatic heterocycles. The number of fused-ring (bicyclic) bond motifs is 1. The quantitative estimate of drug-likeness (QED) is 0.586. The number of halogens is 1. The normalized spacial score (nSPS) is 14.5. The lowest BCUT2D eigenvalue weighted by atomic mass is 10.2. The second-order valence-electron chi connectivity index (χ2n) is 6.45. The van der Waals surface area contributed by atoms with Gasteiger partial charge in [0, 0.05) is 43.0 Å². The van der Waals surface area contributed by atoms with E-state index >= 15 is 0 Å². The molecule has 0 spiro atoms. The van der Waals surface area contributed by atoms with E-state index in [1.54, 1.807) is 19.2 Å². The van der Waals surface area contributed by atoms with Crippen molar-refractivity contribution in [3.05, 3.63) is 47.5 Å². The molecule has 146 valence electrons. The van der Waals surface area contributed by atoms with Crippen LogP contribution in [0.25, 0.3) is 11.1 Å². The molecule has 1 aromatic heterocycles. The standard InChI is InChI=1S/C20H20ClN3O3S/c1-26-16-5-3-15(4-6-16)23-8-10-24(11-9-23)19(25)13-28-20-22-17-7-2-14(21)12-18(17)27-20/h2-7,12H,8-11,13H2,1H3. The molecule has 1 fully saturated rings. The van der Waals surface area contributed by atoms with Gasteiger partial charge in [0.1, 0.15) is 11.3 Å². The molecule has 3 aromatic rings. The van der Waals surface area contributed by atoms with Crippen molar-refractivity contribution in [2.75, 3.05) is 43.9 Å². The van der Waals surface area contributed by atoms with Crippen molar-refractivity contribution in [2.45, 2.75) is 5.22 Å². The van der Waals surface area contributed by atoms with Crippen molar-refractivity contribution in [1.82, 2.24) is 9.88 Å². The van der Waals surface area contributed by atoms with Gasteiger partial charge in [-0.1, -0.05) is 23.4 Å². The van der Waals surface area contributed by atoms with Crippen LogP contribution in [0.4, 0.5) is 5.69 Å². The summed E-state index contributed by atoms with van der Waals surface area (Å²) in [4.78, 5) is 21.1. The van der Waals surface area contributed by atoms with Crippen molar-refractivity contribution in [3.63, 3.8) is 0 Å². The molecular formula is C20H20ClN3O3S. The third-order valence-corrected chi connectivity index (χ3v) is 5.77. The van der Waals surface area contributed by atoms with Crippen molar-refractivity contribution >= 4 is 46.1 Å². The van der Waals surface area contributed by atoms with Gasteiger partial charge in [0.2, 0.25) is 5.91 Å². The van der Waals surface area contributed by atoms with Crippen LogP contribution in [0.2, 0.25) is 5.02 Å². The minimum atomic E-state index is 0.0969. The molecular weight excluding hydrogens is 398 g/mol. The van der Waals surface area contributed by atoms with Crippen molar-refractivity contribution in [3.8, 4) is 5.75 Å². The summed E-state index contributed by atoms with van der Waals surface area (Å²) in [6, 6.07) is 13.3. The number of aromatic nitrogens is 1. The van der Waals surface area contributed by atoms with Crippen LogP contribution in [0.3, 0.4) is 0 Å². The molecule has 1 aliphatic rings. The number of hydrogen-bond donors (Lipinski definition) is 0. The molecule has 2 heterocycles. The van der Waals surface area contributed by atoms with Gasteiger partial charge >= 0.3 is 0 Å². The Bertz CT molecular complexity index is 968. The summed E-state index contributed by atoms with van der Waals surface area (Å²) >= 11 is 7.28. The molecule has 2 aromatic carbocycles. The molecule has 1 amide bonds. The first-order valence-electron chi connectivity index (χ1n) is 8.98. The Kier molecular flexibility index (Phi) is 5.64. The van der Waals surface area contributed by atoms with Gasteiger partial charge < -0.3 is 19.0 Å². The van der Waals surface area contributed by atoms with E-state index in [9.17, 15) is 4.79 Å². The highest BCUT2D eigenvalue weighted by atomic mass is 35.5. The highest BCUT2D eigenvalue weighted by Crippen LogP contribution is 2.26. The first-order valence-corrected chi connectivity index (χ1v) is 10.3. The zero-order valence-electron chi connectivity index (χ0n) is 15.4. The average Bonchev–Trinajstić information content (AvgIpc) is 3.14. The van der Waals surface area contributed by atoms with E-state index in [-0.39, 0.29) is 5.91 Å². The molecule has 0 atom stereocenters. The topological polar surface area (TPSA) is 58.8 Å². The number of ether oxygens (including phenoxy) is 1. The summed E-state index contributed by atoms with van der Waals surface area (Å²) in [7, 11) is 1.66. The molecule has 28 heavy (non-hydrogen) atoms. The van der Waals surface area contributed by atoms with Gasteiger partial charge in [-0.05, 0) is 36.4 Å². The highest BCUT2D eigenvalue weighted by Gasteiger charge is 2.22. The van der Waals surface area contributed by atoms with Crippen LogP contribution < -0.4 is 9.64 Å². The minimum Gasteiger partial charge on any atom is -0.497 e. The van der Waals surface area contributed by atoms with Gasteiger partial charge in [0.15, 0.2) is 5.58 Å². The van der Waals surface area contributed by atoms with E-state index in [2.05, 4.69) is 9.88 Å². The smallest absolute Gasteiger partial charge is 0.257 e. The largest absolute Gasteiger partial charge is 0.497 e. The maximum atomic E-state index is 12.5. The summed E-state index contributed by atoms with van der Waals surface area (Å²) in [5.41, 5.74) is 2.52. The fourth-order valence-corrected chi connectivity index (χ4v) is 4.06. The average molecular weight is 418 g/mol. The van der Waals surface area contributed by atoms with Crippen LogP contribution in [-0.2, 0) is 4.79 Å². The number of anilines is 1. The predicted octanol–water partition coefficient (Wildman–Crippen LogP) is 3.93. The van der Waals surface area contributed by atoms with Crippen molar-refractivity contribution in [2.24, 2.45) is 0 Å². The maximum Gasteiger partial charge on any atom is 0.257 e. The van der Waals surface area contributed by atoms with E-state index in [4.69, 9.17) is 20.8 Å². The van der Waals surface area contributed by atoms with Crippen LogP contribution in [0.15, 0.2) is 52.1 Å². The summed E-state index contributed by atoms with van der Waals surface area (Å²) in [5, 5.41) is 1.09. The zero-order chi connectivity index (χ0) is 19.5.